The number of halogens is 1. The second-order valence-electron chi connectivity index (χ2n) is 3.82. The second-order valence-corrected chi connectivity index (χ2v) is 4.73. The molecule has 1 aromatic carbocycles. The summed E-state index contributed by atoms with van der Waals surface area (Å²) < 4.78 is 5.95. The van der Waals surface area contributed by atoms with E-state index in [0.29, 0.717) is 4.47 Å². The average Bonchev–Trinajstić information content (AvgIpc) is 2.48. The summed E-state index contributed by atoms with van der Waals surface area (Å²) in [4.78, 5) is 14.4. The van der Waals surface area contributed by atoms with E-state index in [1.165, 1.54) is 24.3 Å². The summed E-state index contributed by atoms with van der Waals surface area (Å²) in [7, 11) is 0. The maximum atomic E-state index is 11.0. The van der Waals surface area contributed by atoms with Crippen LogP contribution in [0.2, 0.25) is 0 Å². The molecule has 0 aliphatic heterocycles. The summed E-state index contributed by atoms with van der Waals surface area (Å²) >= 11 is 3.15. The maximum Gasteiger partial charge on any atom is 0.312 e. The lowest BCUT2D eigenvalue weighted by Gasteiger charge is -2.07. The number of aromatic nitrogens is 1. The van der Waals surface area contributed by atoms with E-state index in [2.05, 4.69) is 26.1 Å². The predicted octanol–water partition coefficient (Wildman–Crippen LogP) is 2.64. The number of nitro benzene ring substituents is 1. The van der Waals surface area contributed by atoms with Gasteiger partial charge >= 0.3 is 5.69 Å². The van der Waals surface area contributed by atoms with Gasteiger partial charge in [0.1, 0.15) is 5.69 Å². The van der Waals surface area contributed by atoms with Gasteiger partial charge in [-0.1, -0.05) is 27.2 Å². The summed E-state index contributed by atoms with van der Waals surface area (Å²) in [6.45, 7) is 0. The zero-order valence-electron chi connectivity index (χ0n) is 10.4. The van der Waals surface area contributed by atoms with E-state index in [-0.39, 0.29) is 28.8 Å². The van der Waals surface area contributed by atoms with Gasteiger partial charge in [-0.05, 0) is 18.2 Å². The van der Waals surface area contributed by atoms with E-state index in [0.717, 1.165) is 0 Å². The quantitative estimate of drug-likeness (QED) is 0.286. The highest BCUT2D eigenvalue weighted by molar-refractivity contribution is 9.10. The van der Waals surface area contributed by atoms with Gasteiger partial charge in [0, 0.05) is 16.6 Å². The minimum atomic E-state index is -0.562. The summed E-state index contributed by atoms with van der Waals surface area (Å²) in [5, 5.41) is 22.4. The van der Waals surface area contributed by atoms with E-state index in [9.17, 15) is 10.1 Å². The van der Waals surface area contributed by atoms with Crippen molar-refractivity contribution in [2.45, 2.75) is 0 Å². The first-order valence-electron chi connectivity index (χ1n) is 5.58. The molecule has 1 aromatic heterocycles. The largest absolute Gasteiger partial charge is 0.432 e. The topological polar surface area (TPSA) is 124 Å². The van der Waals surface area contributed by atoms with Crippen molar-refractivity contribution in [3.8, 4) is 11.6 Å². The molecule has 0 unspecified atom stereocenters. The molecule has 0 fully saturated rings. The fourth-order valence-corrected chi connectivity index (χ4v) is 1.85. The molecule has 0 saturated heterocycles. The van der Waals surface area contributed by atoms with Gasteiger partial charge in [0.05, 0.1) is 4.92 Å². The van der Waals surface area contributed by atoms with Crippen LogP contribution < -0.4 is 10.5 Å². The van der Waals surface area contributed by atoms with Crippen LogP contribution in [0.3, 0.4) is 0 Å². The Morgan fingerprint density at radius 3 is 2.86 bits per heavy atom. The fourth-order valence-electron chi connectivity index (χ4n) is 1.50. The van der Waals surface area contributed by atoms with Crippen molar-refractivity contribution in [2.24, 2.45) is 10.9 Å². The normalized spacial score (nSPS) is 11.2. The lowest BCUT2D eigenvalue weighted by atomic mass is 10.3. The number of pyridine rings is 1. The third kappa shape index (κ3) is 3.45. The SMILES string of the molecule is NC(=NO)c1cccc(Oc2ccc(Br)cc2[N+](=O)[O-])n1. The van der Waals surface area contributed by atoms with Gasteiger partial charge < -0.3 is 15.7 Å². The molecule has 2 rings (SSSR count). The van der Waals surface area contributed by atoms with Crippen molar-refractivity contribution >= 4 is 27.5 Å². The van der Waals surface area contributed by atoms with Crippen LogP contribution in [0.5, 0.6) is 11.6 Å². The molecule has 2 aromatic rings. The van der Waals surface area contributed by atoms with Gasteiger partial charge in [-0.15, -0.1) is 0 Å². The van der Waals surface area contributed by atoms with E-state index in [1.807, 2.05) is 0 Å². The molecule has 0 amide bonds. The first-order chi connectivity index (χ1) is 10.0. The van der Waals surface area contributed by atoms with Crippen molar-refractivity contribution in [3.05, 3.63) is 56.7 Å². The lowest BCUT2D eigenvalue weighted by Crippen LogP contribution is -2.14. The first-order valence-corrected chi connectivity index (χ1v) is 6.37. The zero-order chi connectivity index (χ0) is 15.4. The lowest BCUT2D eigenvalue weighted by molar-refractivity contribution is -0.385. The van der Waals surface area contributed by atoms with E-state index in [4.69, 9.17) is 15.7 Å². The number of ether oxygens (including phenoxy) is 1. The second kappa shape index (κ2) is 6.18. The molecule has 0 spiro atoms. The Morgan fingerprint density at radius 2 is 2.19 bits per heavy atom. The van der Waals surface area contributed by atoms with Crippen molar-refractivity contribution in [2.75, 3.05) is 0 Å². The predicted molar refractivity (Wildman–Crippen MR) is 77.6 cm³/mol. The van der Waals surface area contributed by atoms with Crippen LogP contribution in [0.4, 0.5) is 5.69 Å². The van der Waals surface area contributed by atoms with E-state index >= 15 is 0 Å². The summed E-state index contributed by atoms with van der Waals surface area (Å²) in [5.41, 5.74) is 5.40. The number of hydrogen-bond donors (Lipinski definition) is 2. The van der Waals surface area contributed by atoms with E-state index in [1.54, 1.807) is 12.1 Å². The third-order valence-electron chi connectivity index (χ3n) is 2.43. The van der Waals surface area contributed by atoms with Crippen molar-refractivity contribution in [1.82, 2.24) is 4.98 Å². The van der Waals surface area contributed by atoms with Gasteiger partial charge in [-0.2, -0.15) is 0 Å². The van der Waals surface area contributed by atoms with Crippen LogP contribution in [0.1, 0.15) is 5.69 Å². The molecule has 0 aliphatic rings. The molecule has 108 valence electrons. The number of benzene rings is 1. The van der Waals surface area contributed by atoms with Gasteiger partial charge in [0.15, 0.2) is 5.84 Å². The van der Waals surface area contributed by atoms with Crippen LogP contribution in [-0.2, 0) is 0 Å². The molecule has 1 heterocycles. The Labute approximate surface area is 127 Å². The maximum absolute atomic E-state index is 11.0. The molecule has 9 heteroatoms. The van der Waals surface area contributed by atoms with Crippen molar-refractivity contribution < 1.29 is 14.9 Å². The van der Waals surface area contributed by atoms with Gasteiger partial charge in [-0.25, -0.2) is 4.98 Å². The Hall–Kier alpha value is -2.68. The molecule has 8 nitrogen and oxygen atoms in total. The zero-order valence-corrected chi connectivity index (χ0v) is 12.0. The minimum Gasteiger partial charge on any atom is -0.432 e. The highest BCUT2D eigenvalue weighted by Gasteiger charge is 2.17. The van der Waals surface area contributed by atoms with Crippen LogP contribution in [-0.4, -0.2) is 21.0 Å². The van der Waals surface area contributed by atoms with E-state index < -0.39 is 4.92 Å². The number of amidine groups is 1. The molecule has 0 atom stereocenters. The van der Waals surface area contributed by atoms with Crippen molar-refractivity contribution in [1.29, 1.82) is 0 Å². The number of oxime groups is 1. The number of hydrogen-bond acceptors (Lipinski definition) is 6. The summed E-state index contributed by atoms with van der Waals surface area (Å²) in [6, 6.07) is 8.96. The number of nitrogens with zero attached hydrogens (tertiary/aromatic N) is 3. The van der Waals surface area contributed by atoms with Gasteiger partial charge in [0.2, 0.25) is 11.6 Å². The van der Waals surface area contributed by atoms with Crippen LogP contribution in [0, 0.1) is 10.1 Å². The third-order valence-corrected chi connectivity index (χ3v) is 2.92. The van der Waals surface area contributed by atoms with Crippen molar-refractivity contribution in [3.63, 3.8) is 0 Å². The van der Waals surface area contributed by atoms with Crippen LogP contribution in [0.25, 0.3) is 0 Å². The Kier molecular flexibility index (Phi) is 4.33. The average molecular weight is 353 g/mol. The molecule has 0 aliphatic carbocycles. The molecular formula is C12H9BrN4O4. The summed E-state index contributed by atoms with van der Waals surface area (Å²) in [6.07, 6.45) is 0. The number of nitrogens with two attached hydrogens (primary N) is 1. The minimum absolute atomic E-state index is 0.0346. The molecule has 3 N–H and O–H groups in total. The van der Waals surface area contributed by atoms with Crippen LogP contribution >= 0.6 is 15.9 Å². The standard InChI is InChI=1S/C12H9BrN4O4/c13-7-4-5-10(9(6-7)17(19)20)21-11-3-1-2-8(15-11)12(14)16-18/h1-6,18H,(H2,14,16). The molecular weight excluding hydrogens is 344 g/mol. The number of nitro groups is 1. The Bertz CT molecular complexity index is 720. The molecule has 0 radical (unpaired) electrons. The monoisotopic (exact) mass is 352 g/mol. The smallest absolute Gasteiger partial charge is 0.312 e. The highest BCUT2D eigenvalue weighted by Crippen LogP contribution is 2.32. The van der Waals surface area contributed by atoms with Gasteiger partial charge in [0.25, 0.3) is 0 Å². The molecule has 0 saturated carbocycles. The molecule has 21 heavy (non-hydrogen) atoms. The Morgan fingerprint density at radius 1 is 1.43 bits per heavy atom. The fraction of sp³-hybridized carbons (Fsp3) is 0. The number of rotatable bonds is 4. The first kappa shape index (κ1) is 14.7. The Balaban J connectivity index is 2.37. The van der Waals surface area contributed by atoms with Crippen LogP contribution in [0.15, 0.2) is 46.0 Å². The van der Waals surface area contributed by atoms with Gasteiger partial charge in [-0.3, -0.25) is 10.1 Å². The molecule has 0 bridgehead atoms. The highest BCUT2D eigenvalue weighted by atomic mass is 79.9. The summed E-state index contributed by atoms with van der Waals surface area (Å²) in [5.74, 6) is -0.0670.